The third-order valence-corrected chi connectivity index (χ3v) is 5.08. The molecule has 0 aliphatic carbocycles. The van der Waals surface area contributed by atoms with Gasteiger partial charge in [-0.1, -0.05) is 12.1 Å². The Morgan fingerprint density at radius 2 is 1.83 bits per heavy atom. The summed E-state index contributed by atoms with van der Waals surface area (Å²) in [7, 11) is -3.24. The van der Waals surface area contributed by atoms with Gasteiger partial charge in [-0.15, -0.1) is 0 Å². The SMILES string of the molecule is CS(=O)(=O)N1CCCN(C(=O)Cc2ccc([N+](=O)[O-])cc2)CC1. The highest BCUT2D eigenvalue weighted by Gasteiger charge is 2.23. The topological polar surface area (TPSA) is 101 Å². The standard InChI is InChI=1S/C14H19N3O5S/c1-23(21,22)16-8-2-7-15(9-10-16)14(18)11-12-3-5-13(6-4-12)17(19)20/h3-6H,2,7-11H2,1H3. The maximum absolute atomic E-state index is 12.3. The molecule has 23 heavy (non-hydrogen) atoms. The number of non-ortho nitro benzene ring substituents is 1. The van der Waals surface area contributed by atoms with E-state index in [1.807, 2.05) is 0 Å². The van der Waals surface area contributed by atoms with Crippen molar-refractivity contribution in [3.05, 3.63) is 39.9 Å². The van der Waals surface area contributed by atoms with E-state index in [0.717, 1.165) is 0 Å². The number of benzene rings is 1. The van der Waals surface area contributed by atoms with Crippen LogP contribution in [0.2, 0.25) is 0 Å². The molecule has 1 aliphatic heterocycles. The molecule has 1 aromatic rings. The number of hydrogen-bond donors (Lipinski definition) is 0. The summed E-state index contributed by atoms with van der Waals surface area (Å²) in [5.74, 6) is -0.103. The highest BCUT2D eigenvalue weighted by atomic mass is 32.2. The van der Waals surface area contributed by atoms with Gasteiger partial charge in [0, 0.05) is 38.3 Å². The first kappa shape index (κ1) is 17.4. The van der Waals surface area contributed by atoms with Crippen molar-refractivity contribution in [2.75, 3.05) is 32.4 Å². The summed E-state index contributed by atoms with van der Waals surface area (Å²) in [6, 6.07) is 5.88. The molecule has 9 heteroatoms. The Morgan fingerprint density at radius 1 is 1.17 bits per heavy atom. The number of nitro groups is 1. The van der Waals surface area contributed by atoms with Crippen LogP contribution in [0.25, 0.3) is 0 Å². The van der Waals surface area contributed by atoms with Crippen LogP contribution in [0.15, 0.2) is 24.3 Å². The van der Waals surface area contributed by atoms with Gasteiger partial charge in [-0.05, 0) is 12.0 Å². The summed E-state index contributed by atoms with van der Waals surface area (Å²) in [5, 5.41) is 10.6. The van der Waals surface area contributed by atoms with E-state index in [4.69, 9.17) is 0 Å². The van der Waals surface area contributed by atoms with Crippen molar-refractivity contribution in [3.63, 3.8) is 0 Å². The fourth-order valence-electron chi connectivity index (χ4n) is 2.50. The average molecular weight is 341 g/mol. The number of rotatable bonds is 4. The van der Waals surface area contributed by atoms with Crippen molar-refractivity contribution in [1.82, 2.24) is 9.21 Å². The van der Waals surface area contributed by atoms with Crippen LogP contribution in [0, 0.1) is 10.1 Å². The smallest absolute Gasteiger partial charge is 0.269 e. The second-order valence-corrected chi connectivity index (χ2v) is 7.48. The number of hydrogen-bond acceptors (Lipinski definition) is 5. The summed E-state index contributed by atoms with van der Waals surface area (Å²) in [4.78, 5) is 24.1. The lowest BCUT2D eigenvalue weighted by molar-refractivity contribution is -0.384. The molecule has 0 unspecified atom stereocenters. The zero-order valence-corrected chi connectivity index (χ0v) is 13.7. The van der Waals surface area contributed by atoms with Crippen molar-refractivity contribution in [2.45, 2.75) is 12.8 Å². The van der Waals surface area contributed by atoms with Crippen LogP contribution in [0.3, 0.4) is 0 Å². The Kier molecular flexibility index (Phi) is 5.32. The van der Waals surface area contributed by atoms with Crippen molar-refractivity contribution in [2.24, 2.45) is 0 Å². The zero-order chi connectivity index (χ0) is 17.0. The summed E-state index contributed by atoms with van der Waals surface area (Å²) < 4.78 is 24.5. The number of carbonyl (C=O) groups excluding carboxylic acids is 1. The molecule has 2 rings (SSSR count). The molecule has 0 bridgehead atoms. The highest BCUT2D eigenvalue weighted by molar-refractivity contribution is 7.88. The largest absolute Gasteiger partial charge is 0.341 e. The van der Waals surface area contributed by atoms with Gasteiger partial charge in [0.25, 0.3) is 5.69 Å². The molecule has 126 valence electrons. The number of nitrogens with zero attached hydrogens (tertiary/aromatic N) is 3. The lowest BCUT2D eigenvalue weighted by atomic mass is 10.1. The third-order valence-electron chi connectivity index (χ3n) is 3.78. The maximum atomic E-state index is 12.3. The van der Waals surface area contributed by atoms with Gasteiger partial charge < -0.3 is 4.90 Å². The first-order valence-electron chi connectivity index (χ1n) is 7.23. The zero-order valence-electron chi connectivity index (χ0n) is 12.8. The van der Waals surface area contributed by atoms with Crippen LogP contribution >= 0.6 is 0 Å². The molecule has 1 aliphatic rings. The lowest BCUT2D eigenvalue weighted by Crippen LogP contribution is -2.37. The van der Waals surface area contributed by atoms with E-state index in [9.17, 15) is 23.3 Å². The Labute approximate surface area is 134 Å². The molecule has 1 saturated heterocycles. The Bertz CT molecular complexity index is 687. The summed E-state index contributed by atoms with van der Waals surface area (Å²) in [6.45, 7) is 1.59. The quantitative estimate of drug-likeness (QED) is 0.590. The summed E-state index contributed by atoms with van der Waals surface area (Å²) >= 11 is 0. The minimum atomic E-state index is -3.24. The predicted octanol–water partition coefficient (Wildman–Crippen LogP) is 0.631. The molecular formula is C14H19N3O5S. The van der Waals surface area contributed by atoms with Crippen molar-refractivity contribution in [3.8, 4) is 0 Å². The van der Waals surface area contributed by atoms with Crippen LogP contribution in [-0.4, -0.2) is 60.9 Å². The van der Waals surface area contributed by atoms with Crippen LogP contribution in [-0.2, 0) is 21.2 Å². The van der Waals surface area contributed by atoms with Gasteiger partial charge in [0.2, 0.25) is 15.9 Å². The van der Waals surface area contributed by atoms with Gasteiger partial charge in [0.05, 0.1) is 17.6 Å². The lowest BCUT2D eigenvalue weighted by Gasteiger charge is -2.21. The van der Waals surface area contributed by atoms with Crippen LogP contribution in [0.5, 0.6) is 0 Å². The van der Waals surface area contributed by atoms with Crippen LogP contribution < -0.4 is 0 Å². The Hall–Kier alpha value is -2.00. The number of nitro benzene ring substituents is 1. The molecule has 0 aromatic heterocycles. The van der Waals surface area contributed by atoms with Gasteiger partial charge in [0.15, 0.2) is 0 Å². The molecule has 1 fully saturated rings. The van der Waals surface area contributed by atoms with Gasteiger partial charge in [0.1, 0.15) is 0 Å². The molecule has 0 atom stereocenters. The van der Waals surface area contributed by atoms with Gasteiger partial charge in [-0.2, -0.15) is 0 Å². The molecule has 0 radical (unpaired) electrons. The third kappa shape index (κ3) is 4.73. The maximum Gasteiger partial charge on any atom is 0.269 e. The van der Waals surface area contributed by atoms with Gasteiger partial charge in [-0.25, -0.2) is 12.7 Å². The molecule has 0 N–H and O–H groups in total. The first-order chi connectivity index (χ1) is 10.8. The molecule has 0 saturated carbocycles. The van der Waals surface area contributed by atoms with Crippen molar-refractivity contribution < 1.29 is 18.1 Å². The van der Waals surface area contributed by atoms with E-state index in [-0.39, 0.29) is 18.0 Å². The second-order valence-electron chi connectivity index (χ2n) is 5.50. The van der Waals surface area contributed by atoms with Crippen LogP contribution in [0.4, 0.5) is 5.69 Å². The second kappa shape index (κ2) is 7.05. The first-order valence-corrected chi connectivity index (χ1v) is 9.08. The Morgan fingerprint density at radius 3 is 2.39 bits per heavy atom. The number of amides is 1. The minimum Gasteiger partial charge on any atom is -0.341 e. The molecule has 1 heterocycles. The van der Waals surface area contributed by atoms with E-state index < -0.39 is 14.9 Å². The fraction of sp³-hybridized carbons (Fsp3) is 0.500. The normalized spacial score (nSPS) is 16.8. The molecular weight excluding hydrogens is 322 g/mol. The van der Waals surface area contributed by atoms with Crippen molar-refractivity contribution in [1.29, 1.82) is 0 Å². The minimum absolute atomic E-state index is 0.0141. The Balaban J connectivity index is 1.96. The van der Waals surface area contributed by atoms with Crippen LogP contribution in [0.1, 0.15) is 12.0 Å². The summed E-state index contributed by atoms with van der Waals surface area (Å²) in [6.07, 6.45) is 1.91. The number of sulfonamides is 1. The van der Waals surface area contributed by atoms with E-state index in [2.05, 4.69) is 0 Å². The monoisotopic (exact) mass is 341 g/mol. The fourth-order valence-corrected chi connectivity index (χ4v) is 3.37. The molecule has 0 spiro atoms. The molecule has 8 nitrogen and oxygen atoms in total. The molecule has 1 amide bonds. The molecule has 1 aromatic carbocycles. The van der Waals surface area contributed by atoms with E-state index in [1.165, 1.54) is 22.7 Å². The van der Waals surface area contributed by atoms with E-state index in [1.54, 1.807) is 17.0 Å². The summed E-state index contributed by atoms with van der Waals surface area (Å²) in [5.41, 5.74) is 0.685. The van der Waals surface area contributed by atoms with Gasteiger partial charge >= 0.3 is 0 Å². The number of carbonyl (C=O) groups is 1. The average Bonchev–Trinajstić information content (AvgIpc) is 2.73. The van der Waals surface area contributed by atoms with E-state index in [0.29, 0.717) is 38.2 Å². The predicted molar refractivity (Wildman–Crippen MR) is 84.4 cm³/mol. The highest BCUT2D eigenvalue weighted by Crippen LogP contribution is 2.14. The van der Waals surface area contributed by atoms with Crippen molar-refractivity contribution >= 4 is 21.6 Å². The van der Waals surface area contributed by atoms with Gasteiger partial charge in [-0.3, -0.25) is 14.9 Å². The van der Waals surface area contributed by atoms with E-state index >= 15 is 0 Å².